The Morgan fingerprint density at radius 2 is 2.18 bits per heavy atom. The molecule has 0 atom stereocenters. The van der Waals surface area contributed by atoms with Crippen molar-refractivity contribution in [2.45, 2.75) is 6.92 Å². The molecule has 0 aliphatic carbocycles. The molecular formula is C10H11O. The minimum absolute atomic E-state index is 0.639. The van der Waals surface area contributed by atoms with E-state index in [0.717, 1.165) is 5.75 Å². The fraction of sp³-hybridized carbons (Fsp3) is 0.200. The summed E-state index contributed by atoms with van der Waals surface area (Å²) in [6.45, 7) is 2.61. The summed E-state index contributed by atoms with van der Waals surface area (Å²) < 4.78 is 5.34. The molecule has 1 radical (unpaired) electrons. The van der Waals surface area contributed by atoms with Gasteiger partial charge in [0.1, 0.15) is 12.4 Å². The summed E-state index contributed by atoms with van der Waals surface area (Å²) in [4.78, 5) is 0. The van der Waals surface area contributed by atoms with E-state index in [0.29, 0.717) is 6.61 Å². The molecule has 0 aliphatic rings. The first-order valence-electron chi connectivity index (χ1n) is 3.63. The maximum atomic E-state index is 5.34. The normalized spacial score (nSPS) is 10.3. The van der Waals surface area contributed by atoms with Crippen molar-refractivity contribution in [1.82, 2.24) is 0 Å². The summed E-state index contributed by atoms with van der Waals surface area (Å²) in [6, 6.07) is 10.4. The smallest absolute Gasteiger partial charge is 0.119 e. The fourth-order valence-electron chi connectivity index (χ4n) is 0.708. The molecule has 0 saturated heterocycles. The molecule has 1 rings (SSSR count). The van der Waals surface area contributed by atoms with E-state index >= 15 is 0 Å². The monoisotopic (exact) mass is 147 g/mol. The zero-order valence-electron chi connectivity index (χ0n) is 6.58. The summed E-state index contributed by atoms with van der Waals surface area (Å²) in [6.07, 6.45) is 3.94. The highest BCUT2D eigenvalue weighted by atomic mass is 16.5. The third-order valence-electron chi connectivity index (χ3n) is 1.27. The first-order valence-corrected chi connectivity index (χ1v) is 3.63. The Morgan fingerprint density at radius 1 is 1.45 bits per heavy atom. The van der Waals surface area contributed by atoms with Gasteiger partial charge in [0.25, 0.3) is 0 Å². The lowest BCUT2D eigenvalue weighted by molar-refractivity contribution is 0.362. The van der Waals surface area contributed by atoms with Crippen molar-refractivity contribution in [2.75, 3.05) is 6.61 Å². The molecule has 0 aromatic heterocycles. The minimum Gasteiger partial charge on any atom is -0.490 e. The van der Waals surface area contributed by atoms with Gasteiger partial charge in [0.15, 0.2) is 0 Å². The van der Waals surface area contributed by atoms with E-state index in [9.17, 15) is 0 Å². The number of benzene rings is 1. The van der Waals surface area contributed by atoms with E-state index in [1.165, 1.54) is 0 Å². The lowest BCUT2D eigenvalue weighted by atomic mass is 10.3. The van der Waals surface area contributed by atoms with E-state index in [2.05, 4.69) is 6.07 Å². The number of ether oxygens (including phenoxy) is 1. The standard InChI is InChI=1S/C10H11O/c1-2-3-9-11-10-7-5-4-6-8-10/h2-3,5-8H,9H2,1H3/b3-2+. The van der Waals surface area contributed by atoms with Crippen LogP contribution in [0.25, 0.3) is 0 Å². The van der Waals surface area contributed by atoms with Crippen LogP contribution in [-0.2, 0) is 0 Å². The zero-order valence-corrected chi connectivity index (χ0v) is 6.58. The molecule has 0 heterocycles. The first-order chi connectivity index (χ1) is 5.43. The van der Waals surface area contributed by atoms with Crippen LogP contribution in [0, 0.1) is 6.07 Å². The van der Waals surface area contributed by atoms with Crippen molar-refractivity contribution >= 4 is 0 Å². The molecular weight excluding hydrogens is 136 g/mol. The minimum atomic E-state index is 0.639. The highest BCUT2D eigenvalue weighted by molar-refractivity contribution is 5.20. The second-order valence-electron chi connectivity index (χ2n) is 2.12. The van der Waals surface area contributed by atoms with Crippen LogP contribution in [0.5, 0.6) is 5.75 Å². The highest BCUT2D eigenvalue weighted by Gasteiger charge is 1.85. The molecule has 11 heavy (non-hydrogen) atoms. The Balaban J connectivity index is 2.39. The molecule has 57 valence electrons. The van der Waals surface area contributed by atoms with Gasteiger partial charge in [0.05, 0.1) is 0 Å². The van der Waals surface area contributed by atoms with Gasteiger partial charge in [-0.1, -0.05) is 24.3 Å². The number of hydrogen-bond donors (Lipinski definition) is 0. The van der Waals surface area contributed by atoms with E-state index in [1.807, 2.05) is 43.3 Å². The third kappa shape index (κ3) is 2.89. The van der Waals surface area contributed by atoms with Crippen LogP contribution in [-0.4, -0.2) is 6.61 Å². The average molecular weight is 147 g/mol. The van der Waals surface area contributed by atoms with Crippen molar-refractivity contribution in [1.29, 1.82) is 0 Å². The Labute approximate surface area is 67.3 Å². The summed E-state index contributed by atoms with van der Waals surface area (Å²) in [5.74, 6) is 0.891. The number of rotatable bonds is 3. The predicted octanol–water partition coefficient (Wildman–Crippen LogP) is 2.44. The molecule has 1 aromatic rings. The van der Waals surface area contributed by atoms with Crippen molar-refractivity contribution in [3.8, 4) is 5.75 Å². The van der Waals surface area contributed by atoms with Gasteiger partial charge in [0, 0.05) is 0 Å². The first kappa shape index (κ1) is 7.86. The van der Waals surface area contributed by atoms with Crippen molar-refractivity contribution in [3.63, 3.8) is 0 Å². The lowest BCUT2D eigenvalue weighted by Crippen LogP contribution is -1.91. The quantitative estimate of drug-likeness (QED) is 0.597. The van der Waals surface area contributed by atoms with Crippen LogP contribution in [0.2, 0.25) is 0 Å². The second-order valence-corrected chi connectivity index (χ2v) is 2.12. The molecule has 1 nitrogen and oxygen atoms in total. The van der Waals surface area contributed by atoms with E-state index < -0.39 is 0 Å². The predicted molar refractivity (Wildman–Crippen MR) is 45.6 cm³/mol. The number of hydrogen-bond acceptors (Lipinski definition) is 1. The summed E-state index contributed by atoms with van der Waals surface area (Å²) in [7, 11) is 0. The summed E-state index contributed by atoms with van der Waals surface area (Å²) >= 11 is 0. The summed E-state index contributed by atoms with van der Waals surface area (Å²) in [5, 5.41) is 0. The SMILES string of the molecule is C/C=C/COc1cc[c]cc1. The molecule has 0 spiro atoms. The molecule has 1 heteroatoms. The van der Waals surface area contributed by atoms with E-state index in [1.54, 1.807) is 0 Å². The van der Waals surface area contributed by atoms with Crippen LogP contribution in [0.4, 0.5) is 0 Å². The van der Waals surface area contributed by atoms with Gasteiger partial charge in [-0.25, -0.2) is 0 Å². The van der Waals surface area contributed by atoms with Crippen molar-refractivity contribution in [2.24, 2.45) is 0 Å². The van der Waals surface area contributed by atoms with Gasteiger partial charge in [-0.05, 0) is 25.1 Å². The molecule has 0 unspecified atom stereocenters. The Morgan fingerprint density at radius 3 is 2.82 bits per heavy atom. The van der Waals surface area contributed by atoms with Gasteiger partial charge in [-0.15, -0.1) is 0 Å². The molecule has 1 aromatic carbocycles. The second kappa shape index (κ2) is 4.56. The maximum Gasteiger partial charge on any atom is 0.119 e. The topological polar surface area (TPSA) is 9.23 Å². The molecule has 0 N–H and O–H groups in total. The Bertz CT molecular complexity index is 214. The Kier molecular flexibility index (Phi) is 3.26. The van der Waals surface area contributed by atoms with E-state index in [-0.39, 0.29) is 0 Å². The van der Waals surface area contributed by atoms with Crippen LogP contribution in [0.3, 0.4) is 0 Å². The largest absolute Gasteiger partial charge is 0.490 e. The summed E-state index contributed by atoms with van der Waals surface area (Å²) in [5.41, 5.74) is 0. The van der Waals surface area contributed by atoms with Gasteiger partial charge in [-0.3, -0.25) is 0 Å². The van der Waals surface area contributed by atoms with Gasteiger partial charge >= 0.3 is 0 Å². The zero-order chi connectivity index (χ0) is 7.94. The molecule has 0 fully saturated rings. The van der Waals surface area contributed by atoms with Gasteiger partial charge in [0.2, 0.25) is 0 Å². The highest BCUT2D eigenvalue weighted by Crippen LogP contribution is 2.07. The van der Waals surface area contributed by atoms with Crippen LogP contribution in [0.15, 0.2) is 36.4 Å². The van der Waals surface area contributed by atoms with E-state index in [4.69, 9.17) is 4.74 Å². The Hall–Kier alpha value is -1.24. The molecule has 0 bridgehead atoms. The fourth-order valence-corrected chi connectivity index (χ4v) is 0.708. The molecule has 0 aliphatic heterocycles. The van der Waals surface area contributed by atoms with Crippen LogP contribution < -0.4 is 4.74 Å². The maximum absolute atomic E-state index is 5.34. The third-order valence-corrected chi connectivity index (χ3v) is 1.27. The van der Waals surface area contributed by atoms with Crippen LogP contribution in [0.1, 0.15) is 6.92 Å². The van der Waals surface area contributed by atoms with Gasteiger partial charge < -0.3 is 4.74 Å². The molecule has 0 amide bonds. The number of allylic oxidation sites excluding steroid dienone is 1. The van der Waals surface area contributed by atoms with Crippen molar-refractivity contribution < 1.29 is 4.74 Å². The van der Waals surface area contributed by atoms with Gasteiger partial charge in [-0.2, -0.15) is 0 Å². The average Bonchev–Trinajstić information content (AvgIpc) is 2.07. The molecule has 0 saturated carbocycles. The van der Waals surface area contributed by atoms with Crippen molar-refractivity contribution in [3.05, 3.63) is 42.5 Å². The lowest BCUT2D eigenvalue weighted by Gasteiger charge is -2.00. The van der Waals surface area contributed by atoms with Crippen LogP contribution >= 0.6 is 0 Å².